The van der Waals surface area contributed by atoms with Crippen molar-refractivity contribution in [1.29, 1.82) is 0 Å². The zero-order valence-corrected chi connectivity index (χ0v) is 11.2. The monoisotopic (exact) mass is 239 g/mol. The fraction of sp³-hybridized carbons (Fsp3) is 0.727. The van der Waals surface area contributed by atoms with Gasteiger partial charge in [-0.1, -0.05) is 20.8 Å². The van der Waals surface area contributed by atoms with Crippen molar-refractivity contribution in [3.63, 3.8) is 0 Å². The number of anilines is 2. The molecule has 0 fully saturated rings. The molecule has 0 amide bonds. The quantitative estimate of drug-likeness (QED) is 0.854. The van der Waals surface area contributed by atoms with Crippen LogP contribution in [-0.2, 0) is 0 Å². The lowest BCUT2D eigenvalue weighted by molar-refractivity contribution is 0.229. The van der Waals surface area contributed by atoms with E-state index in [2.05, 4.69) is 35.7 Å². The minimum Gasteiger partial charge on any atom is -0.463 e. The van der Waals surface area contributed by atoms with E-state index in [1.54, 1.807) is 4.90 Å². The summed E-state index contributed by atoms with van der Waals surface area (Å²) in [7, 11) is 3.68. The van der Waals surface area contributed by atoms with Gasteiger partial charge in [-0.15, -0.1) is 0 Å². The Morgan fingerprint density at radius 1 is 1.18 bits per heavy atom. The molecule has 1 aromatic heterocycles. The normalized spacial score (nSPS) is 11.4. The maximum Gasteiger partial charge on any atom is 0.323 e. The first-order valence-electron chi connectivity index (χ1n) is 5.59. The zero-order valence-electron chi connectivity index (χ0n) is 11.2. The van der Waals surface area contributed by atoms with Crippen LogP contribution < -0.4 is 15.4 Å². The first-order chi connectivity index (χ1) is 7.78. The third-order valence-electron chi connectivity index (χ3n) is 2.10. The Balaban J connectivity index is 2.65. The molecule has 0 aliphatic rings. The average Bonchev–Trinajstić information content (AvgIpc) is 2.14. The van der Waals surface area contributed by atoms with E-state index < -0.39 is 0 Å². The third kappa shape index (κ3) is 4.84. The maximum atomic E-state index is 5.59. The van der Waals surface area contributed by atoms with Crippen molar-refractivity contribution in [3.05, 3.63) is 0 Å². The van der Waals surface area contributed by atoms with Gasteiger partial charge in [-0.3, -0.25) is 0 Å². The SMILES string of the molecule is CN(C)c1nc(N)nc(OCCC(C)(C)C)n1. The molecule has 96 valence electrons. The molecule has 6 nitrogen and oxygen atoms in total. The summed E-state index contributed by atoms with van der Waals surface area (Å²) in [5.41, 5.74) is 5.81. The summed E-state index contributed by atoms with van der Waals surface area (Å²) in [5, 5.41) is 0. The Labute approximate surface area is 102 Å². The largest absolute Gasteiger partial charge is 0.463 e. The summed E-state index contributed by atoms with van der Waals surface area (Å²) in [5.74, 6) is 0.678. The molecular formula is C11H21N5O. The third-order valence-corrected chi connectivity index (χ3v) is 2.10. The topological polar surface area (TPSA) is 77.2 Å². The van der Waals surface area contributed by atoms with Crippen LogP contribution in [0.2, 0.25) is 0 Å². The van der Waals surface area contributed by atoms with Gasteiger partial charge in [0.05, 0.1) is 6.61 Å². The van der Waals surface area contributed by atoms with Crippen LogP contribution in [0.1, 0.15) is 27.2 Å². The average molecular weight is 239 g/mol. The molecule has 1 heterocycles. The van der Waals surface area contributed by atoms with E-state index in [-0.39, 0.29) is 17.4 Å². The van der Waals surface area contributed by atoms with Crippen molar-refractivity contribution >= 4 is 11.9 Å². The summed E-state index contributed by atoms with van der Waals surface area (Å²) in [6, 6.07) is 0.283. The number of aromatic nitrogens is 3. The molecule has 0 saturated heterocycles. The van der Waals surface area contributed by atoms with Crippen LogP contribution in [0.25, 0.3) is 0 Å². The fourth-order valence-corrected chi connectivity index (χ4v) is 1.07. The van der Waals surface area contributed by atoms with Crippen LogP contribution in [0, 0.1) is 5.41 Å². The number of hydrogen-bond acceptors (Lipinski definition) is 6. The highest BCUT2D eigenvalue weighted by Crippen LogP contribution is 2.19. The smallest absolute Gasteiger partial charge is 0.323 e. The molecule has 1 rings (SSSR count). The van der Waals surface area contributed by atoms with E-state index in [4.69, 9.17) is 10.5 Å². The summed E-state index contributed by atoms with van der Waals surface area (Å²) in [6.45, 7) is 7.04. The molecule has 0 unspecified atom stereocenters. The number of ether oxygens (including phenoxy) is 1. The van der Waals surface area contributed by atoms with Gasteiger partial charge in [0.1, 0.15) is 0 Å². The summed E-state index contributed by atoms with van der Waals surface area (Å²) < 4.78 is 5.48. The lowest BCUT2D eigenvalue weighted by atomic mass is 9.93. The first kappa shape index (κ1) is 13.5. The minimum absolute atomic E-state index is 0.175. The Kier molecular flexibility index (Phi) is 4.09. The second-order valence-electron chi connectivity index (χ2n) is 5.33. The second kappa shape index (κ2) is 5.16. The summed E-state index contributed by atoms with van der Waals surface area (Å²) in [6.07, 6.45) is 0.926. The van der Waals surface area contributed by atoms with E-state index in [1.807, 2.05) is 14.1 Å². The molecule has 0 bridgehead atoms. The predicted octanol–water partition coefficient (Wildman–Crippen LogP) is 1.33. The highest BCUT2D eigenvalue weighted by atomic mass is 16.5. The molecule has 0 aromatic carbocycles. The Morgan fingerprint density at radius 2 is 1.82 bits per heavy atom. The van der Waals surface area contributed by atoms with Crippen molar-refractivity contribution in [2.45, 2.75) is 27.2 Å². The number of nitrogen functional groups attached to an aromatic ring is 1. The van der Waals surface area contributed by atoms with Crippen LogP contribution in [0.5, 0.6) is 6.01 Å². The van der Waals surface area contributed by atoms with Gasteiger partial charge in [-0.2, -0.15) is 15.0 Å². The van der Waals surface area contributed by atoms with E-state index in [9.17, 15) is 0 Å². The van der Waals surface area contributed by atoms with Crippen LogP contribution in [0.15, 0.2) is 0 Å². The molecule has 0 aliphatic heterocycles. The van der Waals surface area contributed by atoms with Crippen molar-refractivity contribution < 1.29 is 4.74 Å². The second-order valence-corrected chi connectivity index (χ2v) is 5.33. The van der Waals surface area contributed by atoms with Gasteiger partial charge in [-0.05, 0) is 11.8 Å². The Morgan fingerprint density at radius 3 is 2.35 bits per heavy atom. The molecule has 6 heteroatoms. The molecule has 2 N–H and O–H groups in total. The highest BCUT2D eigenvalue weighted by Gasteiger charge is 2.12. The van der Waals surface area contributed by atoms with Crippen molar-refractivity contribution in [1.82, 2.24) is 15.0 Å². The van der Waals surface area contributed by atoms with E-state index in [1.165, 1.54) is 0 Å². The number of nitrogens with two attached hydrogens (primary N) is 1. The summed E-state index contributed by atoms with van der Waals surface area (Å²) in [4.78, 5) is 13.8. The van der Waals surface area contributed by atoms with Gasteiger partial charge >= 0.3 is 6.01 Å². The standard InChI is InChI=1S/C11H21N5O/c1-11(2,3)6-7-17-10-14-8(12)13-9(15-10)16(4)5/h6-7H2,1-5H3,(H2,12,13,14,15). The molecule has 0 radical (unpaired) electrons. The van der Waals surface area contributed by atoms with E-state index in [0.29, 0.717) is 12.6 Å². The zero-order chi connectivity index (χ0) is 13.1. The molecule has 0 atom stereocenters. The molecule has 0 aliphatic carbocycles. The van der Waals surface area contributed by atoms with Gasteiger partial charge in [0.2, 0.25) is 11.9 Å². The highest BCUT2D eigenvalue weighted by molar-refractivity contribution is 5.33. The van der Waals surface area contributed by atoms with Crippen LogP contribution >= 0.6 is 0 Å². The minimum atomic E-state index is 0.175. The van der Waals surface area contributed by atoms with E-state index >= 15 is 0 Å². The molecule has 17 heavy (non-hydrogen) atoms. The molecular weight excluding hydrogens is 218 g/mol. The molecule has 1 aromatic rings. The number of nitrogens with zero attached hydrogens (tertiary/aromatic N) is 4. The van der Waals surface area contributed by atoms with Crippen LogP contribution in [0.3, 0.4) is 0 Å². The van der Waals surface area contributed by atoms with Crippen LogP contribution in [-0.4, -0.2) is 35.7 Å². The fourth-order valence-electron chi connectivity index (χ4n) is 1.07. The lowest BCUT2D eigenvalue weighted by Gasteiger charge is -2.17. The lowest BCUT2D eigenvalue weighted by Crippen LogP contribution is -2.17. The van der Waals surface area contributed by atoms with Gasteiger partial charge in [0, 0.05) is 14.1 Å². The number of hydrogen-bond donors (Lipinski definition) is 1. The van der Waals surface area contributed by atoms with Gasteiger partial charge in [-0.25, -0.2) is 0 Å². The molecule has 0 spiro atoms. The van der Waals surface area contributed by atoms with Crippen LogP contribution in [0.4, 0.5) is 11.9 Å². The first-order valence-corrected chi connectivity index (χ1v) is 5.59. The predicted molar refractivity (Wildman–Crippen MR) is 68.1 cm³/mol. The maximum absolute atomic E-state index is 5.59. The van der Waals surface area contributed by atoms with E-state index in [0.717, 1.165) is 6.42 Å². The van der Waals surface area contributed by atoms with Gasteiger partial charge in [0.15, 0.2) is 0 Å². The van der Waals surface area contributed by atoms with Gasteiger partial charge in [0.25, 0.3) is 0 Å². The van der Waals surface area contributed by atoms with Crippen molar-refractivity contribution in [3.8, 4) is 6.01 Å². The Bertz CT molecular complexity index is 373. The Hall–Kier alpha value is -1.59. The van der Waals surface area contributed by atoms with Crippen molar-refractivity contribution in [2.24, 2.45) is 5.41 Å². The number of rotatable bonds is 4. The van der Waals surface area contributed by atoms with Gasteiger partial charge < -0.3 is 15.4 Å². The van der Waals surface area contributed by atoms with Crippen molar-refractivity contribution in [2.75, 3.05) is 31.3 Å². The molecule has 0 saturated carbocycles. The summed E-state index contributed by atoms with van der Waals surface area (Å²) >= 11 is 0.